The van der Waals surface area contributed by atoms with E-state index < -0.39 is 0 Å². The van der Waals surface area contributed by atoms with Crippen molar-refractivity contribution in [3.05, 3.63) is 64.7 Å². The molecule has 0 N–H and O–H groups in total. The van der Waals surface area contributed by atoms with Gasteiger partial charge in [0, 0.05) is 50.4 Å². The minimum Gasteiger partial charge on any atom is -0.496 e. The van der Waals surface area contributed by atoms with Crippen molar-refractivity contribution in [2.24, 2.45) is 0 Å². The third kappa shape index (κ3) is 4.51. The van der Waals surface area contributed by atoms with Gasteiger partial charge in [0.05, 0.1) is 7.11 Å². The first-order valence-corrected chi connectivity index (χ1v) is 9.24. The zero-order valence-electron chi connectivity index (χ0n) is 16.0. The number of hydrogen-bond acceptors (Lipinski definition) is 4. The van der Waals surface area contributed by atoms with Crippen LogP contribution in [0.25, 0.3) is 0 Å². The maximum atomic E-state index is 11.7. The standard InChI is InChI=1S/C22H28N2O2/c1-17-6-4-5-7-20(17)15-23-10-12-24(13-11-23)16-21-14-19(18(2)25)8-9-22(21)26-3/h4-9,14H,10-13,15-16H2,1-3H3. The highest BCUT2D eigenvalue weighted by Gasteiger charge is 2.19. The second-order valence-corrected chi connectivity index (χ2v) is 7.06. The summed E-state index contributed by atoms with van der Waals surface area (Å²) in [5.74, 6) is 0.953. The van der Waals surface area contributed by atoms with Crippen molar-refractivity contribution >= 4 is 5.78 Å². The average molecular weight is 352 g/mol. The molecule has 4 nitrogen and oxygen atoms in total. The van der Waals surface area contributed by atoms with Crippen molar-refractivity contribution in [2.75, 3.05) is 33.3 Å². The van der Waals surface area contributed by atoms with Crippen molar-refractivity contribution in [1.29, 1.82) is 0 Å². The maximum Gasteiger partial charge on any atom is 0.159 e. The summed E-state index contributed by atoms with van der Waals surface area (Å²) in [4.78, 5) is 16.6. The minimum atomic E-state index is 0.0944. The third-order valence-electron chi connectivity index (χ3n) is 5.20. The van der Waals surface area contributed by atoms with Crippen LogP contribution in [0.4, 0.5) is 0 Å². The van der Waals surface area contributed by atoms with Crippen molar-refractivity contribution in [2.45, 2.75) is 26.9 Å². The minimum absolute atomic E-state index is 0.0944. The number of carbonyl (C=O) groups excluding carboxylic acids is 1. The summed E-state index contributed by atoms with van der Waals surface area (Å²) in [7, 11) is 1.69. The fourth-order valence-electron chi connectivity index (χ4n) is 3.50. The van der Waals surface area contributed by atoms with Crippen molar-refractivity contribution in [3.8, 4) is 5.75 Å². The normalized spacial score (nSPS) is 15.8. The van der Waals surface area contributed by atoms with Crippen molar-refractivity contribution in [1.82, 2.24) is 9.80 Å². The monoisotopic (exact) mass is 352 g/mol. The second kappa shape index (κ2) is 8.47. The molecule has 0 aromatic heterocycles. The fraction of sp³-hybridized carbons (Fsp3) is 0.409. The highest BCUT2D eigenvalue weighted by atomic mass is 16.5. The van der Waals surface area contributed by atoms with E-state index in [1.54, 1.807) is 14.0 Å². The number of nitrogens with zero attached hydrogens (tertiary/aromatic N) is 2. The number of hydrogen-bond donors (Lipinski definition) is 0. The largest absolute Gasteiger partial charge is 0.496 e. The zero-order valence-corrected chi connectivity index (χ0v) is 16.0. The summed E-state index contributed by atoms with van der Waals surface area (Å²) in [6.07, 6.45) is 0. The number of ether oxygens (including phenoxy) is 1. The lowest BCUT2D eigenvalue weighted by atomic mass is 10.1. The molecular weight excluding hydrogens is 324 g/mol. The van der Waals surface area contributed by atoms with Crippen LogP contribution >= 0.6 is 0 Å². The number of carbonyl (C=O) groups is 1. The molecule has 0 spiro atoms. The fourth-order valence-corrected chi connectivity index (χ4v) is 3.50. The molecule has 2 aromatic rings. The summed E-state index contributed by atoms with van der Waals surface area (Å²) < 4.78 is 5.49. The average Bonchev–Trinajstić information content (AvgIpc) is 2.65. The molecule has 1 aliphatic rings. The van der Waals surface area contributed by atoms with E-state index in [2.05, 4.69) is 41.0 Å². The molecule has 0 aliphatic carbocycles. The lowest BCUT2D eigenvalue weighted by molar-refractivity contribution is 0.101. The van der Waals surface area contributed by atoms with Gasteiger partial charge < -0.3 is 4.74 Å². The lowest BCUT2D eigenvalue weighted by Gasteiger charge is -2.35. The van der Waals surface area contributed by atoms with Gasteiger partial charge in [0.2, 0.25) is 0 Å². The van der Waals surface area contributed by atoms with Crippen LogP contribution in [0.3, 0.4) is 0 Å². The Morgan fingerprint density at radius 3 is 2.15 bits per heavy atom. The second-order valence-electron chi connectivity index (χ2n) is 7.06. The Morgan fingerprint density at radius 2 is 1.58 bits per heavy atom. The van der Waals surface area contributed by atoms with E-state index >= 15 is 0 Å². The van der Waals surface area contributed by atoms with E-state index in [0.29, 0.717) is 0 Å². The molecule has 4 heteroatoms. The SMILES string of the molecule is COc1ccc(C(C)=O)cc1CN1CCN(Cc2ccccc2C)CC1. The van der Waals surface area contributed by atoms with Crippen molar-refractivity contribution in [3.63, 3.8) is 0 Å². The first kappa shape index (κ1) is 18.6. The summed E-state index contributed by atoms with van der Waals surface area (Å²) in [5, 5.41) is 0. The molecule has 0 amide bonds. The van der Waals surface area contributed by atoms with Gasteiger partial charge in [-0.25, -0.2) is 0 Å². The van der Waals surface area contributed by atoms with E-state index in [4.69, 9.17) is 4.74 Å². The van der Waals surface area contributed by atoms with Crippen LogP contribution in [-0.2, 0) is 13.1 Å². The number of benzene rings is 2. The number of ketones is 1. The molecule has 1 aliphatic heterocycles. The summed E-state index contributed by atoms with van der Waals surface area (Å²) in [6.45, 7) is 9.80. The molecular formula is C22H28N2O2. The van der Waals surface area contributed by atoms with Gasteiger partial charge in [-0.15, -0.1) is 0 Å². The molecule has 0 saturated carbocycles. The lowest BCUT2D eigenvalue weighted by Crippen LogP contribution is -2.45. The molecule has 1 heterocycles. The summed E-state index contributed by atoms with van der Waals surface area (Å²) in [5.41, 5.74) is 4.61. The van der Waals surface area contributed by atoms with E-state index in [-0.39, 0.29) is 5.78 Å². The first-order valence-electron chi connectivity index (χ1n) is 9.24. The molecule has 1 fully saturated rings. The van der Waals surface area contributed by atoms with Gasteiger partial charge in [-0.1, -0.05) is 24.3 Å². The van der Waals surface area contributed by atoms with Crippen molar-refractivity contribution < 1.29 is 9.53 Å². The number of Topliss-reactive ketones (excluding diaryl/α,β-unsaturated/α-hetero) is 1. The molecule has 138 valence electrons. The van der Waals surface area contributed by atoms with Crippen LogP contribution in [0.2, 0.25) is 0 Å². The smallest absolute Gasteiger partial charge is 0.159 e. The molecule has 2 aromatic carbocycles. The van der Waals surface area contributed by atoms with Crippen LogP contribution in [-0.4, -0.2) is 48.9 Å². The topological polar surface area (TPSA) is 32.8 Å². The molecule has 0 atom stereocenters. The van der Waals surface area contributed by atoms with Gasteiger partial charge in [-0.3, -0.25) is 14.6 Å². The van der Waals surface area contributed by atoms with E-state index in [1.165, 1.54) is 11.1 Å². The van der Waals surface area contributed by atoms with Crippen LogP contribution in [0, 0.1) is 6.92 Å². The molecule has 3 rings (SSSR count). The van der Waals surface area contributed by atoms with Gasteiger partial charge in [0.25, 0.3) is 0 Å². The maximum absolute atomic E-state index is 11.7. The molecule has 26 heavy (non-hydrogen) atoms. The zero-order chi connectivity index (χ0) is 18.5. The Labute approximate surface area is 156 Å². The van der Waals surface area contributed by atoms with Crippen LogP contribution in [0.5, 0.6) is 5.75 Å². The number of aryl methyl sites for hydroxylation is 1. The molecule has 0 unspecified atom stereocenters. The summed E-state index contributed by atoms with van der Waals surface area (Å²) in [6, 6.07) is 14.3. The number of methoxy groups -OCH3 is 1. The van der Waals surface area contributed by atoms with Crippen LogP contribution in [0.1, 0.15) is 34.0 Å². The van der Waals surface area contributed by atoms with Crippen LogP contribution in [0.15, 0.2) is 42.5 Å². The van der Waals surface area contributed by atoms with Gasteiger partial charge in [-0.05, 0) is 43.2 Å². The quantitative estimate of drug-likeness (QED) is 0.745. The van der Waals surface area contributed by atoms with E-state index in [0.717, 1.165) is 56.1 Å². The molecule has 1 saturated heterocycles. The highest BCUT2D eigenvalue weighted by molar-refractivity contribution is 5.94. The summed E-state index contributed by atoms with van der Waals surface area (Å²) >= 11 is 0. The predicted octanol–water partition coefficient (Wildman–Crippen LogP) is 3.52. The molecule has 0 radical (unpaired) electrons. The van der Waals surface area contributed by atoms with E-state index in [1.807, 2.05) is 18.2 Å². The Kier molecular flexibility index (Phi) is 6.07. The third-order valence-corrected chi connectivity index (χ3v) is 5.20. The van der Waals surface area contributed by atoms with Gasteiger partial charge in [0.1, 0.15) is 5.75 Å². The van der Waals surface area contributed by atoms with Gasteiger partial charge in [-0.2, -0.15) is 0 Å². The Morgan fingerprint density at radius 1 is 0.962 bits per heavy atom. The van der Waals surface area contributed by atoms with Gasteiger partial charge in [0.15, 0.2) is 5.78 Å². The Hall–Kier alpha value is -2.17. The highest BCUT2D eigenvalue weighted by Crippen LogP contribution is 2.23. The van der Waals surface area contributed by atoms with Gasteiger partial charge >= 0.3 is 0 Å². The van der Waals surface area contributed by atoms with E-state index in [9.17, 15) is 4.79 Å². The Balaban J connectivity index is 1.60. The number of piperazine rings is 1. The Bertz CT molecular complexity index is 764. The first-order chi connectivity index (χ1) is 12.6. The predicted molar refractivity (Wildman–Crippen MR) is 105 cm³/mol. The van der Waals surface area contributed by atoms with Crippen LogP contribution < -0.4 is 4.74 Å². The number of rotatable bonds is 6. The molecule has 0 bridgehead atoms.